The van der Waals surface area contributed by atoms with Gasteiger partial charge in [0.25, 0.3) is 11.7 Å². The summed E-state index contributed by atoms with van der Waals surface area (Å²) in [7, 11) is 1.54. The van der Waals surface area contributed by atoms with E-state index in [-0.39, 0.29) is 17.9 Å². The molecule has 0 saturated carbocycles. The van der Waals surface area contributed by atoms with Crippen LogP contribution in [0.2, 0.25) is 0 Å². The van der Waals surface area contributed by atoms with Crippen molar-refractivity contribution in [3.8, 4) is 23.0 Å². The van der Waals surface area contributed by atoms with Crippen LogP contribution in [0.15, 0.2) is 66.5 Å². The van der Waals surface area contributed by atoms with Gasteiger partial charge in [0.15, 0.2) is 23.0 Å². The summed E-state index contributed by atoms with van der Waals surface area (Å²) in [6.07, 6.45) is 5.16. The fourth-order valence-electron chi connectivity index (χ4n) is 4.72. The molecule has 0 radical (unpaired) electrons. The molecule has 0 spiro atoms. The molecule has 0 aliphatic carbocycles. The number of carbonyl (C=O) groups is 2. The summed E-state index contributed by atoms with van der Waals surface area (Å²) in [5.41, 5.74) is 1.66. The first-order chi connectivity index (χ1) is 19.0. The molecule has 1 amide bonds. The van der Waals surface area contributed by atoms with Crippen molar-refractivity contribution in [3.05, 3.63) is 83.2 Å². The number of rotatable bonds is 9. The number of ether oxygens (including phenoxy) is 4. The highest BCUT2D eigenvalue weighted by molar-refractivity contribution is 6.46. The molecule has 202 valence electrons. The molecule has 5 rings (SSSR count). The molecule has 0 bridgehead atoms. The van der Waals surface area contributed by atoms with Crippen molar-refractivity contribution in [2.75, 3.05) is 26.9 Å². The zero-order valence-electron chi connectivity index (χ0n) is 21.9. The van der Waals surface area contributed by atoms with E-state index in [1.807, 2.05) is 6.07 Å². The fourth-order valence-corrected chi connectivity index (χ4v) is 4.72. The SMILES string of the molecule is CCCCOc1ccc(C2/C(=C(\O)c3ccc4c(c3)OCCO4)C(=O)C(=O)N2Cc2cccnc2)cc1OC. The Kier molecular flexibility index (Phi) is 7.67. The number of aliphatic hydroxyl groups excluding tert-OH is 1. The van der Waals surface area contributed by atoms with Crippen LogP contribution in [0.3, 0.4) is 0 Å². The minimum atomic E-state index is -0.878. The van der Waals surface area contributed by atoms with E-state index in [0.717, 1.165) is 18.4 Å². The summed E-state index contributed by atoms with van der Waals surface area (Å²) in [6, 6.07) is 12.9. The molecule has 2 aromatic carbocycles. The van der Waals surface area contributed by atoms with E-state index in [0.29, 0.717) is 53.9 Å². The number of hydrogen-bond donors (Lipinski definition) is 1. The number of aliphatic hydroxyl groups is 1. The monoisotopic (exact) mass is 530 g/mol. The highest BCUT2D eigenvalue weighted by Crippen LogP contribution is 2.43. The molecule has 1 atom stereocenters. The Hall–Kier alpha value is -4.53. The molecule has 1 saturated heterocycles. The third kappa shape index (κ3) is 5.25. The van der Waals surface area contributed by atoms with Gasteiger partial charge in [-0.3, -0.25) is 14.6 Å². The van der Waals surface area contributed by atoms with Crippen molar-refractivity contribution in [3.63, 3.8) is 0 Å². The Labute approximate surface area is 226 Å². The zero-order valence-corrected chi connectivity index (χ0v) is 21.9. The number of amides is 1. The maximum absolute atomic E-state index is 13.5. The number of likely N-dealkylation sites (tertiary alicyclic amines) is 1. The van der Waals surface area contributed by atoms with Crippen LogP contribution in [0.25, 0.3) is 5.76 Å². The Morgan fingerprint density at radius 2 is 1.90 bits per heavy atom. The van der Waals surface area contributed by atoms with Gasteiger partial charge in [0, 0.05) is 24.5 Å². The average molecular weight is 531 g/mol. The van der Waals surface area contributed by atoms with Crippen LogP contribution in [0, 0.1) is 0 Å². The van der Waals surface area contributed by atoms with Crippen LogP contribution in [-0.4, -0.2) is 53.6 Å². The van der Waals surface area contributed by atoms with Crippen LogP contribution < -0.4 is 18.9 Å². The molecule has 3 heterocycles. The Bertz CT molecular complexity index is 1400. The van der Waals surface area contributed by atoms with Gasteiger partial charge >= 0.3 is 0 Å². The topological polar surface area (TPSA) is 107 Å². The number of ketones is 1. The number of methoxy groups -OCH3 is 1. The molecular weight excluding hydrogens is 500 g/mol. The molecule has 1 aromatic heterocycles. The minimum Gasteiger partial charge on any atom is -0.507 e. The largest absolute Gasteiger partial charge is 0.507 e. The molecular formula is C30H30N2O7. The summed E-state index contributed by atoms with van der Waals surface area (Å²) in [5.74, 6) is 0.243. The standard InChI is InChI=1S/C30H30N2O7/c1-3-4-12-37-22-9-7-20(15-24(22)36-2)27-26(28(33)21-8-10-23-25(16-21)39-14-13-38-23)29(34)30(35)32(27)18-19-6-5-11-31-17-19/h5-11,15-17,27,33H,3-4,12-14,18H2,1-2H3/b28-26+. The lowest BCUT2D eigenvalue weighted by Crippen LogP contribution is -2.29. The number of pyridine rings is 1. The number of aromatic nitrogens is 1. The number of Topliss-reactive ketones (excluding diaryl/α,β-unsaturated/α-hetero) is 1. The zero-order chi connectivity index (χ0) is 27.4. The first-order valence-electron chi connectivity index (χ1n) is 12.9. The van der Waals surface area contributed by atoms with Gasteiger partial charge in [-0.2, -0.15) is 0 Å². The maximum Gasteiger partial charge on any atom is 0.295 e. The highest BCUT2D eigenvalue weighted by Gasteiger charge is 2.46. The van der Waals surface area contributed by atoms with Gasteiger partial charge < -0.3 is 29.0 Å². The quantitative estimate of drug-likeness (QED) is 0.184. The molecule has 1 N–H and O–H groups in total. The van der Waals surface area contributed by atoms with Gasteiger partial charge in [0.05, 0.1) is 25.3 Å². The third-order valence-corrected chi connectivity index (χ3v) is 6.69. The molecule has 39 heavy (non-hydrogen) atoms. The number of nitrogens with zero attached hydrogens (tertiary/aromatic N) is 2. The summed E-state index contributed by atoms with van der Waals surface area (Å²) < 4.78 is 22.7. The summed E-state index contributed by atoms with van der Waals surface area (Å²) in [6.45, 7) is 3.54. The summed E-state index contributed by atoms with van der Waals surface area (Å²) >= 11 is 0. The van der Waals surface area contributed by atoms with E-state index in [4.69, 9.17) is 18.9 Å². The van der Waals surface area contributed by atoms with Gasteiger partial charge in [0.2, 0.25) is 0 Å². The molecule has 1 unspecified atom stereocenters. The Morgan fingerprint density at radius 1 is 1.08 bits per heavy atom. The van der Waals surface area contributed by atoms with Gasteiger partial charge in [-0.05, 0) is 53.9 Å². The average Bonchev–Trinajstić information content (AvgIpc) is 3.22. The van der Waals surface area contributed by atoms with Crippen molar-refractivity contribution < 1.29 is 33.6 Å². The highest BCUT2D eigenvalue weighted by atomic mass is 16.6. The predicted octanol–water partition coefficient (Wildman–Crippen LogP) is 4.66. The second-order valence-corrected chi connectivity index (χ2v) is 9.26. The van der Waals surface area contributed by atoms with Crippen LogP contribution in [0.5, 0.6) is 23.0 Å². The van der Waals surface area contributed by atoms with Crippen molar-refractivity contribution in [2.24, 2.45) is 0 Å². The second kappa shape index (κ2) is 11.5. The van der Waals surface area contributed by atoms with E-state index in [1.54, 1.807) is 54.9 Å². The first kappa shape index (κ1) is 26.1. The number of carbonyl (C=O) groups excluding carboxylic acids is 2. The second-order valence-electron chi connectivity index (χ2n) is 9.26. The van der Waals surface area contributed by atoms with E-state index < -0.39 is 17.7 Å². The Morgan fingerprint density at radius 3 is 2.64 bits per heavy atom. The van der Waals surface area contributed by atoms with Gasteiger partial charge in [-0.1, -0.05) is 25.5 Å². The Balaban J connectivity index is 1.61. The van der Waals surface area contributed by atoms with Crippen molar-refractivity contribution >= 4 is 17.4 Å². The number of unbranched alkanes of at least 4 members (excludes halogenated alkanes) is 1. The lowest BCUT2D eigenvalue weighted by atomic mass is 9.94. The van der Waals surface area contributed by atoms with Gasteiger partial charge in [-0.25, -0.2) is 0 Å². The number of hydrogen-bond acceptors (Lipinski definition) is 8. The minimum absolute atomic E-state index is 0.0257. The van der Waals surface area contributed by atoms with Crippen LogP contribution >= 0.6 is 0 Å². The van der Waals surface area contributed by atoms with Gasteiger partial charge in [-0.15, -0.1) is 0 Å². The smallest absolute Gasteiger partial charge is 0.295 e. The molecule has 2 aliphatic rings. The third-order valence-electron chi connectivity index (χ3n) is 6.69. The van der Waals surface area contributed by atoms with E-state index in [1.165, 1.54) is 12.0 Å². The predicted molar refractivity (Wildman–Crippen MR) is 143 cm³/mol. The molecule has 1 fully saturated rings. The molecule has 3 aromatic rings. The van der Waals surface area contributed by atoms with E-state index in [9.17, 15) is 14.7 Å². The first-order valence-corrected chi connectivity index (χ1v) is 12.9. The van der Waals surface area contributed by atoms with Crippen molar-refractivity contribution in [1.29, 1.82) is 0 Å². The summed E-state index contributed by atoms with van der Waals surface area (Å²) in [5, 5.41) is 11.5. The number of fused-ring (bicyclic) bond motifs is 1. The van der Waals surface area contributed by atoms with Crippen molar-refractivity contribution in [2.45, 2.75) is 32.4 Å². The molecule has 9 nitrogen and oxygen atoms in total. The van der Waals surface area contributed by atoms with Crippen LogP contribution in [0.4, 0.5) is 0 Å². The normalized spacial score (nSPS) is 17.8. The summed E-state index contributed by atoms with van der Waals surface area (Å²) in [4.78, 5) is 32.4. The maximum atomic E-state index is 13.5. The fraction of sp³-hybridized carbons (Fsp3) is 0.300. The van der Waals surface area contributed by atoms with E-state index in [2.05, 4.69) is 11.9 Å². The molecule has 9 heteroatoms. The van der Waals surface area contributed by atoms with Crippen LogP contribution in [0.1, 0.15) is 42.5 Å². The lowest BCUT2D eigenvalue weighted by molar-refractivity contribution is -0.140. The van der Waals surface area contributed by atoms with Gasteiger partial charge in [0.1, 0.15) is 19.0 Å². The number of benzene rings is 2. The lowest BCUT2D eigenvalue weighted by Gasteiger charge is -2.26. The van der Waals surface area contributed by atoms with E-state index >= 15 is 0 Å². The van der Waals surface area contributed by atoms with Crippen LogP contribution in [-0.2, 0) is 16.1 Å². The molecule has 2 aliphatic heterocycles. The van der Waals surface area contributed by atoms with Crippen molar-refractivity contribution in [1.82, 2.24) is 9.88 Å².